The fraction of sp³-hybridized carbons (Fsp3) is 0.372. The van der Waals surface area contributed by atoms with Gasteiger partial charge in [-0.05, 0) is 66.4 Å². The predicted molar refractivity (Wildman–Crippen MR) is 203 cm³/mol. The molecular formula is C43H49NO7Si. The summed E-state index contributed by atoms with van der Waals surface area (Å²) in [5, 5.41) is 2.20. The van der Waals surface area contributed by atoms with E-state index in [1.807, 2.05) is 50.2 Å². The second-order valence-corrected chi connectivity index (χ2v) is 19.2. The number of amides is 1. The highest BCUT2D eigenvalue weighted by Crippen LogP contribution is 2.39. The van der Waals surface area contributed by atoms with Gasteiger partial charge in [-0.15, -0.1) is 0 Å². The second kappa shape index (κ2) is 16.0. The molecule has 0 spiro atoms. The summed E-state index contributed by atoms with van der Waals surface area (Å²) < 4.78 is 25.5. The van der Waals surface area contributed by atoms with Gasteiger partial charge >= 0.3 is 11.9 Å². The Morgan fingerprint density at radius 2 is 1.31 bits per heavy atom. The molecule has 6 rings (SSSR count). The first-order chi connectivity index (χ1) is 24.9. The molecule has 9 heteroatoms. The fourth-order valence-electron chi connectivity index (χ4n) is 7.34. The van der Waals surface area contributed by atoms with Crippen molar-refractivity contribution in [1.29, 1.82) is 0 Å². The highest BCUT2D eigenvalue weighted by Gasteiger charge is 2.52. The van der Waals surface area contributed by atoms with Gasteiger partial charge in [0.1, 0.15) is 25.0 Å². The molecule has 4 aromatic rings. The molecule has 0 aliphatic carbocycles. The summed E-state index contributed by atoms with van der Waals surface area (Å²) in [5.74, 6) is -1.03. The number of aryl methyl sites for hydroxylation is 2. The minimum absolute atomic E-state index is 0.0422. The van der Waals surface area contributed by atoms with Crippen LogP contribution in [-0.4, -0.2) is 68.8 Å². The van der Waals surface area contributed by atoms with Crippen LogP contribution in [0.4, 0.5) is 0 Å². The summed E-state index contributed by atoms with van der Waals surface area (Å²) in [6, 6.07) is 35.3. The van der Waals surface area contributed by atoms with E-state index in [2.05, 4.69) is 69.3 Å². The van der Waals surface area contributed by atoms with E-state index in [1.165, 1.54) is 10.4 Å². The topological polar surface area (TPSA) is 91.4 Å². The first-order valence-electron chi connectivity index (χ1n) is 18.2. The van der Waals surface area contributed by atoms with Crippen molar-refractivity contribution in [2.75, 3.05) is 13.2 Å². The van der Waals surface area contributed by atoms with E-state index in [-0.39, 0.29) is 30.1 Å². The third-order valence-electron chi connectivity index (χ3n) is 10.2. The third-order valence-corrected chi connectivity index (χ3v) is 15.3. The zero-order valence-corrected chi connectivity index (χ0v) is 31.7. The monoisotopic (exact) mass is 719 g/mol. The van der Waals surface area contributed by atoms with Crippen molar-refractivity contribution >= 4 is 36.5 Å². The normalized spacial score (nSPS) is 21.0. The lowest BCUT2D eigenvalue weighted by Gasteiger charge is -2.45. The molecule has 0 aromatic heterocycles. The molecule has 0 saturated carbocycles. The fourth-order valence-corrected chi connectivity index (χ4v) is 12.1. The number of nitrogens with zero attached hydrogens (tertiary/aromatic N) is 1. The van der Waals surface area contributed by atoms with Crippen molar-refractivity contribution < 1.29 is 33.0 Å². The minimum Gasteiger partial charge on any atom is -0.459 e. The standard InChI is InChI=1S/C43H49NO7Si/c1-30-16-20-32(21-17-30)41(46)48-29-38-37(50-42(47)33-22-18-31(2)19-23-33)28-40(49-38)44-27-26-34(24-25-39(44)45)51-52(43(3,4)5,35-12-8-6-9-13-35)36-14-10-7-11-15-36/h6-23,34,37-38,40H,24-29H2,1-5H3/t34-,37?,38+,40+/m0/s1. The van der Waals surface area contributed by atoms with E-state index in [0.717, 1.165) is 11.1 Å². The first-order valence-corrected chi connectivity index (χ1v) is 20.1. The van der Waals surface area contributed by atoms with Gasteiger partial charge in [0.2, 0.25) is 5.91 Å². The summed E-state index contributed by atoms with van der Waals surface area (Å²) >= 11 is 0. The van der Waals surface area contributed by atoms with Crippen molar-refractivity contribution in [2.24, 2.45) is 0 Å². The van der Waals surface area contributed by atoms with Gasteiger partial charge in [0.05, 0.1) is 11.1 Å². The van der Waals surface area contributed by atoms with Crippen LogP contribution in [0.1, 0.15) is 78.3 Å². The maximum absolute atomic E-state index is 13.8. The number of carbonyl (C=O) groups excluding carboxylic acids is 3. The Kier molecular flexibility index (Phi) is 11.4. The number of hydrogen-bond acceptors (Lipinski definition) is 7. The van der Waals surface area contributed by atoms with Crippen molar-refractivity contribution in [2.45, 2.75) is 89.9 Å². The molecule has 4 aromatic carbocycles. The van der Waals surface area contributed by atoms with Crippen molar-refractivity contribution in [3.05, 3.63) is 131 Å². The van der Waals surface area contributed by atoms with Crippen LogP contribution >= 0.6 is 0 Å². The lowest BCUT2D eigenvalue weighted by Crippen LogP contribution is -2.67. The number of ether oxygens (including phenoxy) is 3. The van der Waals surface area contributed by atoms with E-state index in [9.17, 15) is 14.4 Å². The number of benzene rings is 4. The molecule has 2 fully saturated rings. The Bertz CT molecular complexity index is 1780. The molecule has 52 heavy (non-hydrogen) atoms. The highest BCUT2D eigenvalue weighted by atomic mass is 28.4. The molecule has 4 atom stereocenters. The number of esters is 2. The highest BCUT2D eigenvalue weighted by molar-refractivity contribution is 6.99. The molecule has 2 heterocycles. The summed E-state index contributed by atoms with van der Waals surface area (Å²) in [6.07, 6.45) is -0.549. The largest absolute Gasteiger partial charge is 0.459 e. The van der Waals surface area contributed by atoms with Crippen LogP contribution in [0.2, 0.25) is 5.04 Å². The van der Waals surface area contributed by atoms with Gasteiger partial charge in [0.15, 0.2) is 0 Å². The van der Waals surface area contributed by atoms with Crippen LogP contribution in [0, 0.1) is 13.8 Å². The van der Waals surface area contributed by atoms with Gasteiger partial charge in [0, 0.05) is 25.5 Å². The zero-order chi connectivity index (χ0) is 36.9. The van der Waals surface area contributed by atoms with Crippen LogP contribution in [0.3, 0.4) is 0 Å². The Hall–Kier alpha value is -4.57. The number of carbonyl (C=O) groups is 3. The van der Waals surface area contributed by atoms with Gasteiger partial charge in [-0.2, -0.15) is 0 Å². The lowest BCUT2D eigenvalue weighted by molar-refractivity contribution is -0.146. The molecule has 0 radical (unpaired) electrons. The molecule has 1 unspecified atom stereocenters. The zero-order valence-electron chi connectivity index (χ0n) is 30.7. The summed E-state index contributed by atoms with van der Waals surface area (Å²) in [4.78, 5) is 41.8. The molecule has 2 aliphatic rings. The molecule has 1 amide bonds. The molecular weight excluding hydrogens is 671 g/mol. The first kappa shape index (κ1) is 37.2. The van der Waals surface area contributed by atoms with Crippen LogP contribution in [0.5, 0.6) is 0 Å². The van der Waals surface area contributed by atoms with Gasteiger partial charge < -0.3 is 23.5 Å². The molecule has 0 N–H and O–H groups in total. The van der Waals surface area contributed by atoms with E-state index in [0.29, 0.717) is 36.9 Å². The minimum atomic E-state index is -2.83. The van der Waals surface area contributed by atoms with Crippen LogP contribution in [-0.2, 0) is 23.4 Å². The molecule has 0 bridgehead atoms. The maximum atomic E-state index is 13.8. The van der Waals surface area contributed by atoms with Gasteiger partial charge in [-0.1, -0.05) is 117 Å². The van der Waals surface area contributed by atoms with Gasteiger partial charge in [0.25, 0.3) is 8.32 Å². The Morgan fingerprint density at radius 3 is 1.85 bits per heavy atom. The summed E-state index contributed by atoms with van der Waals surface area (Å²) in [6.45, 7) is 10.9. The molecule has 2 aliphatic heterocycles. The van der Waals surface area contributed by atoms with Crippen molar-refractivity contribution in [3.63, 3.8) is 0 Å². The van der Waals surface area contributed by atoms with Crippen LogP contribution in [0.25, 0.3) is 0 Å². The van der Waals surface area contributed by atoms with E-state index in [4.69, 9.17) is 18.6 Å². The van der Waals surface area contributed by atoms with Crippen LogP contribution in [0.15, 0.2) is 109 Å². The Balaban J connectivity index is 1.20. The van der Waals surface area contributed by atoms with Crippen molar-refractivity contribution in [3.8, 4) is 0 Å². The quantitative estimate of drug-likeness (QED) is 0.132. The Labute approximate surface area is 308 Å². The smallest absolute Gasteiger partial charge is 0.338 e. The predicted octanol–water partition coefficient (Wildman–Crippen LogP) is 6.76. The molecule has 8 nitrogen and oxygen atoms in total. The number of rotatable bonds is 10. The van der Waals surface area contributed by atoms with Gasteiger partial charge in [-0.25, -0.2) is 9.59 Å². The SMILES string of the molecule is Cc1ccc(C(=O)OC[C@H]2O[C@@H](N3CC[C@@H](O[Si](c4ccccc4)(c4ccccc4)C(C)(C)C)CCC3=O)CC2OC(=O)c2ccc(C)cc2)cc1. The van der Waals surface area contributed by atoms with Crippen LogP contribution < -0.4 is 10.4 Å². The van der Waals surface area contributed by atoms with E-state index < -0.39 is 38.7 Å². The average Bonchev–Trinajstić information content (AvgIpc) is 3.43. The lowest BCUT2D eigenvalue weighted by atomic mass is 10.1. The number of hydrogen-bond donors (Lipinski definition) is 0. The number of likely N-dealkylation sites (tertiary alicyclic amines) is 1. The summed E-state index contributed by atoms with van der Waals surface area (Å²) in [7, 11) is -2.83. The van der Waals surface area contributed by atoms with E-state index >= 15 is 0 Å². The molecule has 2 saturated heterocycles. The average molecular weight is 720 g/mol. The van der Waals surface area contributed by atoms with Crippen molar-refractivity contribution in [1.82, 2.24) is 4.90 Å². The Morgan fingerprint density at radius 1 is 0.769 bits per heavy atom. The summed E-state index contributed by atoms with van der Waals surface area (Å²) in [5.41, 5.74) is 2.89. The third kappa shape index (κ3) is 8.22. The maximum Gasteiger partial charge on any atom is 0.338 e. The molecule has 272 valence electrons. The van der Waals surface area contributed by atoms with Gasteiger partial charge in [-0.3, -0.25) is 4.79 Å². The van der Waals surface area contributed by atoms with E-state index in [1.54, 1.807) is 29.2 Å². The second-order valence-electron chi connectivity index (χ2n) is 15.0.